The number of nitro groups is 1. The Kier molecular flexibility index (Phi) is 3.21. The Morgan fingerprint density at radius 1 is 1.18 bits per heavy atom. The molecule has 2 rings (SSSR count). The molecule has 0 amide bonds. The van der Waals surface area contributed by atoms with Crippen molar-refractivity contribution in [3.05, 3.63) is 56.8 Å². The molecule has 88 valence electrons. The second kappa shape index (κ2) is 4.65. The Labute approximate surface area is 107 Å². The number of hydrogen-bond acceptors (Lipinski definition) is 3. The van der Waals surface area contributed by atoms with Crippen LogP contribution in [-0.4, -0.2) is 9.60 Å². The van der Waals surface area contributed by atoms with Crippen molar-refractivity contribution in [1.29, 1.82) is 0 Å². The van der Waals surface area contributed by atoms with Crippen molar-refractivity contribution in [2.75, 3.05) is 5.43 Å². The van der Waals surface area contributed by atoms with E-state index in [1.165, 1.54) is 12.1 Å². The van der Waals surface area contributed by atoms with Crippen LogP contribution >= 0.6 is 23.2 Å². The topological polar surface area (TPSA) is 60.1 Å². The number of aromatic nitrogens is 1. The first kappa shape index (κ1) is 11.8. The lowest BCUT2D eigenvalue weighted by atomic mass is 10.3. The standard InChI is InChI=1S/C10H7Cl2N3O2/c11-7-5-9(13-14-3-1-2-4-14)10(15(16)17)6-8(7)12/h1-6,13H. The highest BCUT2D eigenvalue weighted by Gasteiger charge is 2.17. The molecule has 0 radical (unpaired) electrons. The Morgan fingerprint density at radius 3 is 2.35 bits per heavy atom. The van der Waals surface area contributed by atoms with Crippen LogP contribution in [0, 0.1) is 10.1 Å². The monoisotopic (exact) mass is 271 g/mol. The summed E-state index contributed by atoms with van der Waals surface area (Å²) < 4.78 is 1.58. The summed E-state index contributed by atoms with van der Waals surface area (Å²) in [5.74, 6) is 0. The SMILES string of the molecule is O=[N+]([O-])c1cc(Cl)c(Cl)cc1Nn1cccc1. The molecule has 0 aliphatic rings. The number of nitrogens with zero attached hydrogens (tertiary/aromatic N) is 2. The molecule has 0 bridgehead atoms. The maximum atomic E-state index is 10.9. The van der Waals surface area contributed by atoms with Crippen LogP contribution in [0.2, 0.25) is 10.0 Å². The second-order valence-electron chi connectivity index (χ2n) is 3.24. The zero-order valence-corrected chi connectivity index (χ0v) is 9.94. The summed E-state index contributed by atoms with van der Waals surface area (Å²) >= 11 is 11.6. The summed E-state index contributed by atoms with van der Waals surface area (Å²) in [6.07, 6.45) is 3.43. The molecule has 1 N–H and O–H groups in total. The molecule has 0 fully saturated rings. The number of halogens is 2. The van der Waals surface area contributed by atoms with E-state index >= 15 is 0 Å². The number of nitrogens with one attached hydrogen (secondary N) is 1. The minimum Gasteiger partial charge on any atom is -0.288 e. The molecule has 17 heavy (non-hydrogen) atoms. The molecule has 0 saturated carbocycles. The molecule has 0 unspecified atom stereocenters. The largest absolute Gasteiger partial charge is 0.295 e. The Morgan fingerprint density at radius 2 is 1.76 bits per heavy atom. The number of nitro benzene ring substituents is 1. The van der Waals surface area contributed by atoms with Crippen molar-refractivity contribution in [1.82, 2.24) is 4.68 Å². The second-order valence-corrected chi connectivity index (χ2v) is 4.06. The molecule has 1 aromatic carbocycles. The molecule has 7 heteroatoms. The molecule has 5 nitrogen and oxygen atoms in total. The maximum absolute atomic E-state index is 10.9. The van der Waals surface area contributed by atoms with Gasteiger partial charge in [0, 0.05) is 18.5 Å². The van der Waals surface area contributed by atoms with Crippen LogP contribution in [0.3, 0.4) is 0 Å². The first-order valence-corrected chi connectivity index (χ1v) is 5.37. The third-order valence-corrected chi connectivity index (χ3v) is 2.81. The minimum absolute atomic E-state index is 0.131. The van der Waals surface area contributed by atoms with Crippen molar-refractivity contribution in [3.8, 4) is 0 Å². The Bertz CT molecular complexity index is 555. The smallest absolute Gasteiger partial charge is 0.288 e. The summed E-state index contributed by atoms with van der Waals surface area (Å²) in [6.45, 7) is 0. The van der Waals surface area contributed by atoms with Crippen LogP contribution in [0.1, 0.15) is 0 Å². The van der Waals surface area contributed by atoms with Gasteiger partial charge in [-0.05, 0) is 18.2 Å². The lowest BCUT2D eigenvalue weighted by Crippen LogP contribution is -2.07. The fraction of sp³-hybridized carbons (Fsp3) is 0. The molecule has 0 aliphatic heterocycles. The van der Waals surface area contributed by atoms with Crippen molar-refractivity contribution in [3.63, 3.8) is 0 Å². The van der Waals surface area contributed by atoms with Gasteiger partial charge in [0.2, 0.25) is 0 Å². The van der Waals surface area contributed by atoms with Crippen LogP contribution in [0.25, 0.3) is 0 Å². The molecule has 0 saturated heterocycles. The van der Waals surface area contributed by atoms with E-state index in [0.29, 0.717) is 0 Å². The highest BCUT2D eigenvalue weighted by Crippen LogP contribution is 2.33. The van der Waals surface area contributed by atoms with Crippen molar-refractivity contribution >= 4 is 34.6 Å². The van der Waals surface area contributed by atoms with Gasteiger partial charge in [-0.15, -0.1) is 0 Å². The minimum atomic E-state index is -0.520. The van der Waals surface area contributed by atoms with Crippen LogP contribution in [0.5, 0.6) is 0 Å². The zero-order chi connectivity index (χ0) is 12.4. The van der Waals surface area contributed by atoms with Gasteiger partial charge in [0.05, 0.1) is 15.0 Å². The number of hydrogen-bond donors (Lipinski definition) is 1. The summed E-state index contributed by atoms with van der Waals surface area (Å²) in [7, 11) is 0. The Hall–Kier alpha value is -1.72. The predicted octanol–water partition coefficient (Wildman–Crippen LogP) is 3.58. The lowest BCUT2D eigenvalue weighted by Gasteiger charge is -2.09. The molecular weight excluding hydrogens is 265 g/mol. The molecule has 1 aromatic heterocycles. The molecule has 1 heterocycles. The predicted molar refractivity (Wildman–Crippen MR) is 66.6 cm³/mol. The van der Waals surface area contributed by atoms with Gasteiger partial charge in [-0.3, -0.25) is 20.2 Å². The molecule has 2 aromatic rings. The summed E-state index contributed by atoms with van der Waals surface area (Å²) in [6, 6.07) is 6.21. The quantitative estimate of drug-likeness (QED) is 0.686. The fourth-order valence-corrected chi connectivity index (χ4v) is 1.65. The van der Waals surface area contributed by atoms with E-state index in [-0.39, 0.29) is 21.4 Å². The van der Waals surface area contributed by atoms with Gasteiger partial charge >= 0.3 is 0 Å². The normalized spacial score (nSPS) is 10.2. The van der Waals surface area contributed by atoms with Gasteiger partial charge in [-0.25, -0.2) is 0 Å². The van der Waals surface area contributed by atoms with Crippen molar-refractivity contribution in [2.45, 2.75) is 0 Å². The molecule has 0 spiro atoms. The Balaban J connectivity index is 2.44. The average molecular weight is 272 g/mol. The van der Waals surface area contributed by atoms with Crippen LogP contribution in [0.4, 0.5) is 11.4 Å². The van der Waals surface area contributed by atoms with Gasteiger partial charge in [0.1, 0.15) is 5.69 Å². The van der Waals surface area contributed by atoms with Crippen molar-refractivity contribution in [2.24, 2.45) is 0 Å². The molecular formula is C10H7Cl2N3O2. The van der Waals surface area contributed by atoms with E-state index in [2.05, 4.69) is 5.43 Å². The van der Waals surface area contributed by atoms with E-state index in [4.69, 9.17) is 23.2 Å². The summed E-state index contributed by atoms with van der Waals surface area (Å²) in [4.78, 5) is 10.3. The van der Waals surface area contributed by atoms with Crippen LogP contribution < -0.4 is 5.43 Å². The fourth-order valence-electron chi connectivity index (χ4n) is 1.33. The summed E-state index contributed by atoms with van der Waals surface area (Å²) in [5, 5.41) is 11.3. The first-order valence-electron chi connectivity index (χ1n) is 4.61. The van der Waals surface area contributed by atoms with E-state index in [9.17, 15) is 10.1 Å². The van der Waals surface area contributed by atoms with E-state index in [0.717, 1.165) is 0 Å². The van der Waals surface area contributed by atoms with Gasteiger partial charge in [0.15, 0.2) is 0 Å². The zero-order valence-electron chi connectivity index (χ0n) is 8.43. The number of rotatable bonds is 3. The van der Waals surface area contributed by atoms with E-state index < -0.39 is 4.92 Å². The van der Waals surface area contributed by atoms with Gasteiger partial charge < -0.3 is 0 Å². The number of benzene rings is 1. The maximum Gasteiger partial charge on any atom is 0.295 e. The van der Waals surface area contributed by atoms with Crippen LogP contribution in [0.15, 0.2) is 36.7 Å². The first-order chi connectivity index (χ1) is 8.08. The van der Waals surface area contributed by atoms with Gasteiger partial charge in [0.25, 0.3) is 5.69 Å². The van der Waals surface area contributed by atoms with Gasteiger partial charge in [-0.2, -0.15) is 0 Å². The third-order valence-electron chi connectivity index (χ3n) is 2.09. The third kappa shape index (κ3) is 2.51. The van der Waals surface area contributed by atoms with E-state index in [1.54, 1.807) is 29.2 Å². The van der Waals surface area contributed by atoms with Gasteiger partial charge in [-0.1, -0.05) is 23.2 Å². The molecule has 0 aliphatic carbocycles. The van der Waals surface area contributed by atoms with Crippen molar-refractivity contribution < 1.29 is 4.92 Å². The van der Waals surface area contributed by atoms with E-state index in [1.807, 2.05) is 0 Å². The molecule has 0 atom stereocenters. The average Bonchev–Trinajstić information content (AvgIpc) is 2.75. The highest BCUT2D eigenvalue weighted by molar-refractivity contribution is 6.42. The summed E-state index contributed by atoms with van der Waals surface area (Å²) in [5.41, 5.74) is 2.98. The van der Waals surface area contributed by atoms with Crippen LogP contribution in [-0.2, 0) is 0 Å². The number of anilines is 1. The highest BCUT2D eigenvalue weighted by atomic mass is 35.5. The lowest BCUT2D eigenvalue weighted by molar-refractivity contribution is -0.384.